The maximum Gasteiger partial charge on any atom is 0 e. The minimum Gasteiger partial charge on any atom is -0.0651 e. The Balaban J connectivity index is 0.00000162. The van der Waals surface area contributed by atoms with Crippen LogP contribution in [0.3, 0.4) is 0 Å². The molecule has 0 aromatic carbocycles. The molecule has 18 heavy (non-hydrogen) atoms. The molecule has 0 saturated heterocycles. The Hall–Kier alpha value is 0.519. The third-order valence-corrected chi connectivity index (χ3v) is 6.28. The van der Waals surface area contributed by atoms with Gasteiger partial charge in [-0.1, -0.05) is 66.2 Å². The van der Waals surface area contributed by atoms with E-state index in [0.29, 0.717) is 5.41 Å². The summed E-state index contributed by atoms with van der Waals surface area (Å²) >= 11 is 0. The summed E-state index contributed by atoms with van der Waals surface area (Å²) < 4.78 is 0. The molecule has 4 atom stereocenters. The van der Waals surface area contributed by atoms with Gasteiger partial charge in [-0.3, -0.25) is 0 Å². The second kappa shape index (κ2) is 6.80. The molecule has 2 aliphatic rings. The first-order valence-corrected chi connectivity index (χ1v) is 8.11. The largest absolute Gasteiger partial charge is 0.0651 e. The SMILES string of the molecule is CCC1CCCC1C(C)(C)C1CCCC1CC.[Fe]. The Labute approximate surface area is 125 Å². The van der Waals surface area contributed by atoms with Gasteiger partial charge in [-0.2, -0.15) is 0 Å². The van der Waals surface area contributed by atoms with E-state index in [1.807, 2.05) is 0 Å². The molecular weight excluding hydrogens is 260 g/mol. The first-order valence-electron chi connectivity index (χ1n) is 8.11. The number of hydrogen-bond acceptors (Lipinski definition) is 0. The van der Waals surface area contributed by atoms with Crippen LogP contribution in [-0.4, -0.2) is 0 Å². The van der Waals surface area contributed by atoms with E-state index in [0.717, 1.165) is 23.7 Å². The second-order valence-corrected chi connectivity index (χ2v) is 7.23. The van der Waals surface area contributed by atoms with Crippen molar-refractivity contribution >= 4 is 0 Å². The summed E-state index contributed by atoms with van der Waals surface area (Å²) in [7, 11) is 0. The summed E-state index contributed by atoms with van der Waals surface area (Å²) in [5.41, 5.74) is 0.606. The van der Waals surface area contributed by atoms with Gasteiger partial charge in [-0.05, 0) is 41.9 Å². The fourth-order valence-corrected chi connectivity index (χ4v) is 5.28. The van der Waals surface area contributed by atoms with Gasteiger partial charge in [0.2, 0.25) is 0 Å². The van der Waals surface area contributed by atoms with Crippen LogP contribution in [0.4, 0.5) is 0 Å². The van der Waals surface area contributed by atoms with E-state index in [9.17, 15) is 0 Å². The van der Waals surface area contributed by atoms with Crippen molar-refractivity contribution in [3.63, 3.8) is 0 Å². The minimum absolute atomic E-state index is 0. The standard InChI is InChI=1S/C17H32.Fe/c1-5-13-9-7-11-15(13)17(3,4)16-12-8-10-14(16)6-2;/h13-16H,5-12H2,1-4H3;. The molecule has 2 aliphatic carbocycles. The molecule has 4 unspecified atom stereocenters. The molecule has 0 aromatic heterocycles. The third-order valence-electron chi connectivity index (χ3n) is 6.28. The van der Waals surface area contributed by atoms with Crippen LogP contribution in [-0.2, 0) is 17.1 Å². The summed E-state index contributed by atoms with van der Waals surface area (Å²) in [5.74, 6) is 4.10. The summed E-state index contributed by atoms with van der Waals surface area (Å²) in [4.78, 5) is 0. The molecule has 108 valence electrons. The van der Waals surface area contributed by atoms with Crippen molar-refractivity contribution in [2.75, 3.05) is 0 Å². The maximum atomic E-state index is 2.60. The van der Waals surface area contributed by atoms with Crippen LogP contribution in [0.15, 0.2) is 0 Å². The molecule has 0 N–H and O–H groups in total. The molecule has 2 saturated carbocycles. The van der Waals surface area contributed by atoms with Crippen LogP contribution < -0.4 is 0 Å². The van der Waals surface area contributed by atoms with E-state index in [4.69, 9.17) is 0 Å². The van der Waals surface area contributed by atoms with Crippen LogP contribution in [0, 0.1) is 29.1 Å². The van der Waals surface area contributed by atoms with Gasteiger partial charge in [0.15, 0.2) is 0 Å². The van der Waals surface area contributed by atoms with Gasteiger partial charge in [0.05, 0.1) is 0 Å². The Morgan fingerprint density at radius 1 is 0.778 bits per heavy atom. The quantitative estimate of drug-likeness (QED) is 0.586. The first-order chi connectivity index (χ1) is 8.11. The molecule has 0 amide bonds. The molecule has 0 spiro atoms. The Bertz CT molecular complexity index is 222. The fourth-order valence-electron chi connectivity index (χ4n) is 5.28. The van der Waals surface area contributed by atoms with Crippen LogP contribution >= 0.6 is 0 Å². The number of rotatable bonds is 4. The summed E-state index contributed by atoms with van der Waals surface area (Å²) in [5, 5.41) is 0. The summed E-state index contributed by atoms with van der Waals surface area (Å²) in [6.45, 7) is 10.0. The van der Waals surface area contributed by atoms with Crippen LogP contribution in [0.25, 0.3) is 0 Å². The van der Waals surface area contributed by atoms with E-state index in [2.05, 4.69) is 27.7 Å². The van der Waals surface area contributed by atoms with E-state index in [1.165, 1.54) is 51.4 Å². The molecular formula is C17H32Fe. The number of hydrogen-bond donors (Lipinski definition) is 0. The van der Waals surface area contributed by atoms with Crippen molar-refractivity contribution in [1.29, 1.82) is 0 Å². The summed E-state index contributed by atoms with van der Waals surface area (Å²) in [6.07, 6.45) is 11.9. The Morgan fingerprint density at radius 3 is 1.50 bits per heavy atom. The van der Waals surface area contributed by atoms with E-state index in [1.54, 1.807) is 0 Å². The molecule has 2 fully saturated rings. The molecule has 2 rings (SSSR count). The van der Waals surface area contributed by atoms with Crippen molar-refractivity contribution in [2.45, 2.75) is 79.1 Å². The van der Waals surface area contributed by atoms with Gasteiger partial charge in [-0.15, -0.1) is 0 Å². The monoisotopic (exact) mass is 292 g/mol. The topological polar surface area (TPSA) is 0 Å². The zero-order valence-electron chi connectivity index (χ0n) is 12.8. The fraction of sp³-hybridized carbons (Fsp3) is 1.00. The van der Waals surface area contributed by atoms with E-state index in [-0.39, 0.29) is 17.1 Å². The molecule has 0 aliphatic heterocycles. The molecule has 0 aromatic rings. The molecule has 0 heterocycles. The zero-order chi connectivity index (χ0) is 12.5. The zero-order valence-corrected chi connectivity index (χ0v) is 13.9. The van der Waals surface area contributed by atoms with E-state index >= 15 is 0 Å². The van der Waals surface area contributed by atoms with Gasteiger partial charge in [-0.25, -0.2) is 0 Å². The predicted octanol–water partition coefficient (Wildman–Crippen LogP) is 5.66. The Kier molecular flexibility index (Phi) is 6.26. The van der Waals surface area contributed by atoms with Crippen molar-refractivity contribution in [1.82, 2.24) is 0 Å². The van der Waals surface area contributed by atoms with Gasteiger partial charge in [0, 0.05) is 17.1 Å². The second-order valence-electron chi connectivity index (χ2n) is 7.23. The normalized spacial score (nSPS) is 36.7. The van der Waals surface area contributed by atoms with Crippen LogP contribution in [0.1, 0.15) is 79.1 Å². The molecule has 0 bridgehead atoms. The van der Waals surface area contributed by atoms with Crippen molar-refractivity contribution in [3.05, 3.63) is 0 Å². The van der Waals surface area contributed by atoms with Gasteiger partial charge in [0.25, 0.3) is 0 Å². The van der Waals surface area contributed by atoms with Crippen molar-refractivity contribution < 1.29 is 17.1 Å². The molecule has 0 nitrogen and oxygen atoms in total. The smallest absolute Gasteiger partial charge is 0 e. The predicted molar refractivity (Wildman–Crippen MR) is 76.0 cm³/mol. The average Bonchev–Trinajstić information content (AvgIpc) is 2.97. The van der Waals surface area contributed by atoms with Gasteiger partial charge >= 0.3 is 0 Å². The van der Waals surface area contributed by atoms with Crippen LogP contribution in [0.5, 0.6) is 0 Å². The van der Waals surface area contributed by atoms with E-state index < -0.39 is 0 Å². The van der Waals surface area contributed by atoms with Gasteiger partial charge < -0.3 is 0 Å². The molecule has 0 radical (unpaired) electrons. The summed E-state index contributed by atoms with van der Waals surface area (Å²) in [6, 6.07) is 0. The van der Waals surface area contributed by atoms with Crippen molar-refractivity contribution in [2.24, 2.45) is 29.1 Å². The minimum atomic E-state index is 0. The Morgan fingerprint density at radius 2 is 1.17 bits per heavy atom. The maximum absolute atomic E-state index is 2.60. The van der Waals surface area contributed by atoms with Crippen molar-refractivity contribution in [3.8, 4) is 0 Å². The third kappa shape index (κ3) is 2.98. The molecule has 1 heteroatoms. The average molecular weight is 292 g/mol. The van der Waals surface area contributed by atoms with Crippen LogP contribution in [0.2, 0.25) is 0 Å². The van der Waals surface area contributed by atoms with Gasteiger partial charge in [0.1, 0.15) is 0 Å². The first kappa shape index (κ1) is 16.6.